The highest BCUT2D eigenvalue weighted by atomic mass is 16.5. The number of nitrogens with one attached hydrogen (secondary N) is 1. The molecule has 0 fully saturated rings. The monoisotopic (exact) mass is 266 g/mol. The number of hydrogen-bond acceptors (Lipinski definition) is 4. The molecule has 0 aliphatic heterocycles. The average molecular weight is 266 g/mol. The molecule has 4 heteroatoms. The molecule has 1 rings (SSSR count). The Morgan fingerprint density at radius 1 is 1.21 bits per heavy atom. The summed E-state index contributed by atoms with van der Waals surface area (Å²) in [5, 5.41) is 3.30. The number of ether oxygens (including phenoxy) is 2. The van der Waals surface area contributed by atoms with Crippen molar-refractivity contribution in [2.45, 2.75) is 39.7 Å². The largest absolute Gasteiger partial charge is 0.492 e. The molecule has 0 aromatic carbocycles. The lowest BCUT2D eigenvalue weighted by molar-refractivity contribution is 0.199. The summed E-state index contributed by atoms with van der Waals surface area (Å²) < 4.78 is 10.8. The normalized spacial score (nSPS) is 10.7. The molecule has 0 radical (unpaired) electrons. The molecule has 0 aliphatic carbocycles. The molecule has 1 aromatic rings. The Morgan fingerprint density at radius 3 is 2.79 bits per heavy atom. The van der Waals surface area contributed by atoms with Crippen LogP contribution in [0.2, 0.25) is 0 Å². The fourth-order valence-corrected chi connectivity index (χ4v) is 1.77. The highest BCUT2D eigenvalue weighted by Gasteiger charge is 2.05. The molecule has 1 aromatic heterocycles. The molecule has 0 saturated heterocycles. The van der Waals surface area contributed by atoms with Gasteiger partial charge in [-0.15, -0.1) is 0 Å². The first-order chi connectivity index (χ1) is 9.27. The quantitative estimate of drug-likeness (QED) is 0.661. The summed E-state index contributed by atoms with van der Waals surface area (Å²) in [6.07, 6.45) is 3.52. The fourth-order valence-electron chi connectivity index (χ4n) is 1.77. The Balaban J connectivity index is 2.48. The second-order valence-corrected chi connectivity index (χ2v) is 4.62. The van der Waals surface area contributed by atoms with Crippen LogP contribution in [0.5, 0.6) is 5.75 Å². The van der Waals surface area contributed by atoms with Crippen LogP contribution >= 0.6 is 0 Å². The number of aromatic nitrogens is 1. The number of methoxy groups -OCH3 is 1. The number of rotatable bonds is 10. The number of aryl methyl sites for hydroxylation is 1. The molecule has 19 heavy (non-hydrogen) atoms. The summed E-state index contributed by atoms with van der Waals surface area (Å²) in [5.74, 6) is 0.895. The van der Waals surface area contributed by atoms with Gasteiger partial charge in [-0.05, 0) is 25.5 Å². The van der Waals surface area contributed by atoms with Crippen molar-refractivity contribution >= 4 is 0 Å². The first kappa shape index (κ1) is 15.9. The lowest BCUT2D eigenvalue weighted by atomic mass is 10.2. The van der Waals surface area contributed by atoms with Crippen LogP contribution in [0.25, 0.3) is 0 Å². The minimum atomic E-state index is 0.707. The van der Waals surface area contributed by atoms with Crippen LogP contribution in [-0.2, 0) is 11.3 Å². The van der Waals surface area contributed by atoms with E-state index in [4.69, 9.17) is 9.47 Å². The van der Waals surface area contributed by atoms with Crippen LogP contribution in [-0.4, -0.2) is 31.9 Å². The fraction of sp³-hybridized carbons (Fsp3) is 0.667. The zero-order valence-electron chi connectivity index (χ0n) is 12.4. The smallest absolute Gasteiger partial charge is 0.142 e. The van der Waals surface area contributed by atoms with Gasteiger partial charge in [0.1, 0.15) is 5.75 Å². The maximum atomic E-state index is 5.82. The van der Waals surface area contributed by atoms with Gasteiger partial charge in [0.15, 0.2) is 0 Å². The zero-order valence-corrected chi connectivity index (χ0v) is 12.4. The van der Waals surface area contributed by atoms with Crippen molar-refractivity contribution in [2.75, 3.05) is 26.9 Å². The van der Waals surface area contributed by atoms with Crippen molar-refractivity contribution in [3.05, 3.63) is 23.5 Å². The molecule has 1 heterocycles. The predicted octanol–water partition coefficient (Wildman–Crippen LogP) is 2.70. The molecular weight excluding hydrogens is 240 g/mol. The molecule has 1 N–H and O–H groups in total. The van der Waals surface area contributed by atoms with E-state index in [9.17, 15) is 0 Å². The summed E-state index contributed by atoms with van der Waals surface area (Å²) in [4.78, 5) is 4.54. The maximum absolute atomic E-state index is 5.82. The van der Waals surface area contributed by atoms with E-state index in [1.807, 2.05) is 19.1 Å². The number of unbranched alkanes of at least 4 members (excludes halogenated alkanes) is 2. The standard InChI is InChI=1S/C15H26N2O2/c1-4-5-6-10-19-15-8-7-13(2)17-14(15)12-16-9-11-18-3/h7-8,16H,4-6,9-12H2,1-3H3. The third kappa shape index (κ3) is 6.55. The van der Waals surface area contributed by atoms with E-state index in [0.29, 0.717) is 13.2 Å². The van der Waals surface area contributed by atoms with E-state index in [1.165, 1.54) is 12.8 Å². The van der Waals surface area contributed by atoms with Crippen LogP contribution in [0.1, 0.15) is 37.6 Å². The summed E-state index contributed by atoms with van der Waals surface area (Å²) in [6, 6.07) is 4.01. The Labute approximate surface area is 116 Å². The molecule has 0 unspecified atom stereocenters. The van der Waals surface area contributed by atoms with Gasteiger partial charge in [-0.2, -0.15) is 0 Å². The highest BCUT2D eigenvalue weighted by Crippen LogP contribution is 2.17. The average Bonchev–Trinajstić information content (AvgIpc) is 2.41. The molecule has 0 bridgehead atoms. The minimum Gasteiger partial charge on any atom is -0.492 e. The van der Waals surface area contributed by atoms with Gasteiger partial charge in [-0.1, -0.05) is 19.8 Å². The van der Waals surface area contributed by atoms with Gasteiger partial charge in [-0.25, -0.2) is 0 Å². The van der Waals surface area contributed by atoms with Crippen molar-refractivity contribution in [1.29, 1.82) is 0 Å². The van der Waals surface area contributed by atoms with Crippen molar-refractivity contribution in [1.82, 2.24) is 10.3 Å². The van der Waals surface area contributed by atoms with Crippen LogP contribution in [0, 0.1) is 6.92 Å². The molecule has 108 valence electrons. The van der Waals surface area contributed by atoms with E-state index in [1.54, 1.807) is 7.11 Å². The van der Waals surface area contributed by atoms with Gasteiger partial charge < -0.3 is 14.8 Å². The molecule has 0 saturated carbocycles. The summed E-state index contributed by atoms with van der Waals surface area (Å²) in [7, 11) is 1.70. The lowest BCUT2D eigenvalue weighted by Gasteiger charge is -2.12. The molecule has 0 spiro atoms. The third-order valence-corrected chi connectivity index (χ3v) is 2.85. The molecule has 0 atom stereocenters. The summed E-state index contributed by atoms with van der Waals surface area (Å²) >= 11 is 0. The van der Waals surface area contributed by atoms with Gasteiger partial charge in [0.05, 0.1) is 18.9 Å². The Morgan fingerprint density at radius 2 is 2.05 bits per heavy atom. The molecule has 4 nitrogen and oxygen atoms in total. The SMILES string of the molecule is CCCCCOc1ccc(C)nc1CNCCOC. The highest BCUT2D eigenvalue weighted by molar-refractivity contribution is 5.29. The second kappa shape index (κ2) is 9.75. The van der Waals surface area contributed by atoms with Crippen molar-refractivity contribution in [3.63, 3.8) is 0 Å². The first-order valence-corrected chi connectivity index (χ1v) is 7.07. The van der Waals surface area contributed by atoms with Crippen LogP contribution < -0.4 is 10.1 Å². The van der Waals surface area contributed by atoms with E-state index < -0.39 is 0 Å². The summed E-state index contributed by atoms with van der Waals surface area (Å²) in [6.45, 7) is 7.20. The maximum Gasteiger partial charge on any atom is 0.142 e. The summed E-state index contributed by atoms with van der Waals surface area (Å²) in [5.41, 5.74) is 2.00. The van der Waals surface area contributed by atoms with E-state index in [-0.39, 0.29) is 0 Å². The van der Waals surface area contributed by atoms with Gasteiger partial charge in [0, 0.05) is 25.9 Å². The van der Waals surface area contributed by atoms with Crippen molar-refractivity contribution in [2.24, 2.45) is 0 Å². The zero-order chi connectivity index (χ0) is 13.9. The van der Waals surface area contributed by atoms with Gasteiger partial charge in [0.25, 0.3) is 0 Å². The van der Waals surface area contributed by atoms with Crippen molar-refractivity contribution in [3.8, 4) is 5.75 Å². The molecule has 0 amide bonds. The number of nitrogens with zero attached hydrogens (tertiary/aromatic N) is 1. The molecule has 0 aliphatic rings. The van der Waals surface area contributed by atoms with Gasteiger partial charge in [-0.3, -0.25) is 4.98 Å². The predicted molar refractivity (Wildman–Crippen MR) is 77.6 cm³/mol. The van der Waals surface area contributed by atoms with E-state index in [2.05, 4.69) is 17.2 Å². The third-order valence-electron chi connectivity index (χ3n) is 2.85. The molecular formula is C15H26N2O2. The lowest BCUT2D eigenvalue weighted by Crippen LogP contribution is -2.20. The first-order valence-electron chi connectivity index (χ1n) is 7.07. The minimum absolute atomic E-state index is 0.707. The van der Waals surface area contributed by atoms with Crippen LogP contribution in [0.15, 0.2) is 12.1 Å². The van der Waals surface area contributed by atoms with Gasteiger partial charge in [0.2, 0.25) is 0 Å². The van der Waals surface area contributed by atoms with Crippen molar-refractivity contribution < 1.29 is 9.47 Å². The van der Waals surface area contributed by atoms with Gasteiger partial charge >= 0.3 is 0 Å². The van der Waals surface area contributed by atoms with Crippen LogP contribution in [0.3, 0.4) is 0 Å². The van der Waals surface area contributed by atoms with E-state index in [0.717, 1.165) is 36.7 Å². The Bertz CT molecular complexity index is 356. The second-order valence-electron chi connectivity index (χ2n) is 4.62. The number of hydrogen-bond donors (Lipinski definition) is 1. The number of pyridine rings is 1. The van der Waals surface area contributed by atoms with Crippen LogP contribution in [0.4, 0.5) is 0 Å². The topological polar surface area (TPSA) is 43.4 Å². The Kier molecular flexibility index (Phi) is 8.18. The Hall–Kier alpha value is -1.13. The van der Waals surface area contributed by atoms with E-state index >= 15 is 0 Å².